The Balaban J connectivity index is 1.56. The van der Waals surface area contributed by atoms with Crippen LogP contribution in [0.3, 0.4) is 0 Å². The van der Waals surface area contributed by atoms with Gasteiger partial charge in [0.15, 0.2) is 0 Å². The minimum Gasteiger partial charge on any atom is -0.460 e. The van der Waals surface area contributed by atoms with Gasteiger partial charge in [-0.2, -0.15) is 5.26 Å². The van der Waals surface area contributed by atoms with Gasteiger partial charge in [-0.25, -0.2) is 8.51 Å². The van der Waals surface area contributed by atoms with Gasteiger partial charge in [0.1, 0.15) is 11.3 Å². The summed E-state index contributed by atoms with van der Waals surface area (Å²) in [6, 6.07) is 24.3. The standard InChI is InChI=1S/C26H19N3O3S/c1-17-22-12-11-21(15-25(22)32-24(17)14-18-7-9-19(16-27)10-8-18)29(33(30)31)23-6-2-4-20-5-3-13-28-26(20)23/h2-13,15H,14H2,1H3,(H,30,31). The largest absolute Gasteiger partial charge is 0.460 e. The van der Waals surface area contributed by atoms with Crippen molar-refractivity contribution >= 4 is 44.5 Å². The lowest BCUT2D eigenvalue weighted by molar-refractivity contribution is 0.559. The molecule has 5 aromatic rings. The number of furan rings is 1. The molecular formula is C26H19N3O3S. The van der Waals surface area contributed by atoms with Gasteiger partial charge >= 0.3 is 0 Å². The fraction of sp³-hybridized carbons (Fsp3) is 0.0769. The number of anilines is 2. The second-order valence-electron chi connectivity index (χ2n) is 7.69. The molecule has 1 unspecified atom stereocenters. The highest BCUT2D eigenvalue weighted by Gasteiger charge is 2.20. The van der Waals surface area contributed by atoms with E-state index in [-0.39, 0.29) is 0 Å². The van der Waals surface area contributed by atoms with Gasteiger partial charge < -0.3 is 4.42 Å². The Morgan fingerprint density at radius 3 is 2.64 bits per heavy atom. The molecule has 0 bridgehead atoms. The molecule has 0 radical (unpaired) electrons. The lowest BCUT2D eigenvalue weighted by Crippen LogP contribution is -2.19. The van der Waals surface area contributed by atoms with E-state index in [1.165, 1.54) is 4.31 Å². The Hall–Kier alpha value is -3.99. The molecule has 2 aromatic heterocycles. The highest BCUT2D eigenvalue weighted by molar-refractivity contribution is 7.81. The number of benzene rings is 3. The van der Waals surface area contributed by atoms with Crippen LogP contribution in [0.1, 0.15) is 22.5 Å². The molecule has 7 heteroatoms. The van der Waals surface area contributed by atoms with Gasteiger partial charge in [0.2, 0.25) is 0 Å². The fourth-order valence-electron chi connectivity index (χ4n) is 4.01. The Morgan fingerprint density at radius 1 is 1.09 bits per heavy atom. The number of nitrogens with zero attached hydrogens (tertiary/aromatic N) is 3. The second kappa shape index (κ2) is 8.51. The molecule has 162 valence electrons. The van der Waals surface area contributed by atoms with Crippen molar-refractivity contribution in [1.29, 1.82) is 5.26 Å². The Labute approximate surface area is 193 Å². The van der Waals surface area contributed by atoms with Crippen LogP contribution in [0.4, 0.5) is 11.4 Å². The topological polar surface area (TPSA) is 90.4 Å². The quantitative estimate of drug-likeness (QED) is 0.328. The van der Waals surface area contributed by atoms with E-state index >= 15 is 0 Å². The van der Waals surface area contributed by atoms with Crippen molar-refractivity contribution in [2.75, 3.05) is 4.31 Å². The van der Waals surface area contributed by atoms with Crippen molar-refractivity contribution in [3.63, 3.8) is 0 Å². The first-order valence-corrected chi connectivity index (χ1v) is 11.4. The zero-order valence-electron chi connectivity index (χ0n) is 17.7. The third-order valence-electron chi connectivity index (χ3n) is 5.69. The Kier molecular flexibility index (Phi) is 5.38. The number of pyridine rings is 1. The monoisotopic (exact) mass is 453 g/mol. The smallest absolute Gasteiger partial charge is 0.266 e. The van der Waals surface area contributed by atoms with Gasteiger partial charge in [-0.3, -0.25) is 9.54 Å². The zero-order chi connectivity index (χ0) is 22.9. The lowest BCUT2D eigenvalue weighted by atomic mass is 10.0. The molecule has 33 heavy (non-hydrogen) atoms. The number of fused-ring (bicyclic) bond motifs is 2. The number of aromatic nitrogens is 1. The van der Waals surface area contributed by atoms with Crippen molar-refractivity contribution in [3.8, 4) is 6.07 Å². The SMILES string of the molecule is Cc1c(Cc2ccc(C#N)cc2)oc2cc(N(c3cccc4cccnc34)S(=O)O)ccc12. The van der Waals surface area contributed by atoms with E-state index < -0.39 is 11.3 Å². The lowest BCUT2D eigenvalue weighted by Gasteiger charge is -2.21. The number of rotatable bonds is 5. The van der Waals surface area contributed by atoms with Crippen molar-refractivity contribution in [3.05, 3.63) is 101 Å². The van der Waals surface area contributed by atoms with Crippen molar-refractivity contribution in [1.82, 2.24) is 4.98 Å². The maximum atomic E-state index is 12.4. The Morgan fingerprint density at radius 2 is 1.88 bits per heavy atom. The normalized spacial score (nSPS) is 12.0. The molecule has 6 nitrogen and oxygen atoms in total. The van der Waals surface area contributed by atoms with Crippen LogP contribution in [-0.2, 0) is 17.7 Å². The van der Waals surface area contributed by atoms with Gasteiger partial charge in [-0.05, 0) is 54.4 Å². The zero-order valence-corrected chi connectivity index (χ0v) is 18.5. The summed E-state index contributed by atoms with van der Waals surface area (Å²) in [7, 11) is 0. The molecule has 0 aliphatic rings. The minimum atomic E-state index is -2.31. The van der Waals surface area contributed by atoms with Crippen LogP contribution < -0.4 is 4.31 Å². The molecule has 3 aromatic carbocycles. The fourth-order valence-corrected chi connectivity index (χ4v) is 4.62. The molecule has 1 atom stereocenters. The summed E-state index contributed by atoms with van der Waals surface area (Å²) in [5, 5.41) is 10.8. The molecule has 2 heterocycles. The van der Waals surface area contributed by atoms with E-state index in [1.54, 1.807) is 30.5 Å². The molecule has 0 saturated carbocycles. The highest BCUT2D eigenvalue weighted by atomic mass is 32.2. The van der Waals surface area contributed by atoms with Gasteiger partial charge in [0.05, 0.1) is 28.5 Å². The first kappa shape index (κ1) is 20.9. The summed E-state index contributed by atoms with van der Waals surface area (Å²) in [5.74, 6) is 0.815. The van der Waals surface area contributed by atoms with E-state index in [4.69, 9.17) is 9.68 Å². The van der Waals surface area contributed by atoms with Crippen LogP contribution in [0.5, 0.6) is 0 Å². The minimum absolute atomic E-state index is 0.528. The van der Waals surface area contributed by atoms with Crippen LogP contribution in [0, 0.1) is 18.3 Å². The molecule has 0 aliphatic heterocycles. The van der Waals surface area contributed by atoms with Gasteiger partial charge in [0, 0.05) is 29.5 Å². The maximum Gasteiger partial charge on any atom is 0.266 e. The first-order chi connectivity index (χ1) is 16.0. The number of hydrogen-bond acceptors (Lipinski definition) is 4. The number of para-hydroxylation sites is 1. The molecule has 5 rings (SSSR count). The summed E-state index contributed by atoms with van der Waals surface area (Å²) < 4.78 is 30.1. The van der Waals surface area contributed by atoms with Gasteiger partial charge in [-0.1, -0.05) is 30.3 Å². The van der Waals surface area contributed by atoms with Crippen LogP contribution in [0.25, 0.3) is 21.9 Å². The van der Waals surface area contributed by atoms with Crippen LogP contribution in [0.15, 0.2) is 83.4 Å². The maximum absolute atomic E-state index is 12.4. The molecule has 0 fully saturated rings. The van der Waals surface area contributed by atoms with E-state index in [0.29, 0.717) is 34.5 Å². The number of aryl methyl sites for hydroxylation is 1. The van der Waals surface area contributed by atoms with Crippen LogP contribution in [0.2, 0.25) is 0 Å². The Bertz CT molecular complexity index is 1550. The molecule has 1 N–H and O–H groups in total. The average Bonchev–Trinajstić information content (AvgIpc) is 3.14. The van der Waals surface area contributed by atoms with Crippen molar-refractivity contribution in [2.24, 2.45) is 0 Å². The summed E-state index contributed by atoms with van der Waals surface area (Å²) >= 11 is -2.31. The summed E-state index contributed by atoms with van der Waals surface area (Å²) in [6.45, 7) is 2.00. The van der Waals surface area contributed by atoms with Gasteiger partial charge in [0.25, 0.3) is 11.3 Å². The van der Waals surface area contributed by atoms with E-state index in [2.05, 4.69) is 11.1 Å². The highest BCUT2D eigenvalue weighted by Crippen LogP contribution is 2.36. The molecule has 0 amide bonds. The molecule has 0 saturated heterocycles. The molecule has 0 spiro atoms. The van der Waals surface area contributed by atoms with Crippen LogP contribution >= 0.6 is 0 Å². The summed E-state index contributed by atoms with van der Waals surface area (Å²) in [6.07, 6.45) is 2.25. The third-order valence-corrected chi connectivity index (χ3v) is 6.41. The molecular weight excluding hydrogens is 434 g/mol. The summed E-state index contributed by atoms with van der Waals surface area (Å²) in [5.41, 5.74) is 5.01. The predicted molar refractivity (Wildman–Crippen MR) is 130 cm³/mol. The second-order valence-corrected chi connectivity index (χ2v) is 8.52. The average molecular weight is 454 g/mol. The first-order valence-electron chi connectivity index (χ1n) is 10.3. The van der Waals surface area contributed by atoms with E-state index in [1.807, 2.05) is 55.5 Å². The number of nitriles is 1. The third kappa shape index (κ3) is 3.87. The predicted octanol–water partition coefficient (Wildman–Crippen LogP) is 6.03. The molecule has 0 aliphatic carbocycles. The van der Waals surface area contributed by atoms with Crippen molar-refractivity contribution < 1.29 is 13.2 Å². The van der Waals surface area contributed by atoms with E-state index in [9.17, 15) is 8.76 Å². The van der Waals surface area contributed by atoms with Crippen LogP contribution in [-0.4, -0.2) is 13.7 Å². The van der Waals surface area contributed by atoms with Gasteiger partial charge in [-0.15, -0.1) is 0 Å². The number of hydrogen-bond donors (Lipinski definition) is 1. The van der Waals surface area contributed by atoms with Crippen molar-refractivity contribution in [2.45, 2.75) is 13.3 Å². The van der Waals surface area contributed by atoms with E-state index in [0.717, 1.165) is 27.7 Å². The summed E-state index contributed by atoms with van der Waals surface area (Å²) in [4.78, 5) is 4.42.